The molecule has 3 unspecified atom stereocenters. The fourth-order valence-corrected chi connectivity index (χ4v) is 3.23. The van der Waals surface area contributed by atoms with E-state index < -0.39 is 0 Å². The Balaban J connectivity index is 2.68. The van der Waals surface area contributed by atoms with Crippen LogP contribution in [0.1, 0.15) is 59.3 Å². The lowest BCUT2D eigenvalue weighted by Gasteiger charge is -2.47. The van der Waals surface area contributed by atoms with Gasteiger partial charge in [-0.3, -0.25) is 4.90 Å². The second kappa shape index (κ2) is 6.02. The van der Waals surface area contributed by atoms with Gasteiger partial charge in [-0.2, -0.15) is 0 Å². The Morgan fingerprint density at radius 2 is 1.94 bits per heavy atom. The van der Waals surface area contributed by atoms with E-state index in [0.717, 1.165) is 18.5 Å². The van der Waals surface area contributed by atoms with Crippen molar-refractivity contribution < 1.29 is 0 Å². The van der Waals surface area contributed by atoms with Gasteiger partial charge in [-0.15, -0.1) is 0 Å². The molecule has 0 amide bonds. The molecule has 3 atom stereocenters. The van der Waals surface area contributed by atoms with E-state index in [2.05, 4.69) is 32.7 Å². The summed E-state index contributed by atoms with van der Waals surface area (Å²) in [6, 6.07) is 0.744. The van der Waals surface area contributed by atoms with Crippen molar-refractivity contribution in [2.45, 2.75) is 70.9 Å². The van der Waals surface area contributed by atoms with Crippen LogP contribution >= 0.6 is 0 Å². The standard InChI is InChI=1S/C14H30N2/c1-5-10-14(3,11-15)16(4)13-9-7-6-8-12(13)2/h12-13H,5-11,15H2,1-4H3. The zero-order chi connectivity index (χ0) is 12.2. The van der Waals surface area contributed by atoms with Gasteiger partial charge in [-0.1, -0.05) is 33.1 Å². The van der Waals surface area contributed by atoms with Gasteiger partial charge in [0.15, 0.2) is 0 Å². The maximum absolute atomic E-state index is 6.00. The Labute approximate surface area is 102 Å². The van der Waals surface area contributed by atoms with E-state index in [1.165, 1.54) is 38.5 Å². The van der Waals surface area contributed by atoms with Crippen LogP contribution in [0.15, 0.2) is 0 Å². The highest BCUT2D eigenvalue weighted by Crippen LogP contribution is 2.32. The van der Waals surface area contributed by atoms with Gasteiger partial charge in [0.05, 0.1) is 0 Å². The summed E-state index contributed by atoms with van der Waals surface area (Å²) < 4.78 is 0. The van der Waals surface area contributed by atoms with Crippen LogP contribution in [0.25, 0.3) is 0 Å². The average molecular weight is 226 g/mol. The summed E-state index contributed by atoms with van der Waals surface area (Å²) in [4.78, 5) is 2.58. The molecule has 0 aromatic heterocycles. The number of hydrogen-bond acceptors (Lipinski definition) is 2. The summed E-state index contributed by atoms with van der Waals surface area (Å²) in [5.41, 5.74) is 6.20. The van der Waals surface area contributed by atoms with E-state index in [1.54, 1.807) is 0 Å². The van der Waals surface area contributed by atoms with Gasteiger partial charge in [0.2, 0.25) is 0 Å². The first-order valence-corrected chi connectivity index (χ1v) is 6.98. The highest BCUT2D eigenvalue weighted by Gasteiger charge is 2.35. The zero-order valence-electron chi connectivity index (χ0n) is 11.6. The molecule has 1 aliphatic carbocycles. The SMILES string of the molecule is CCCC(C)(CN)N(C)C1CCCCC1C. The minimum atomic E-state index is 0.199. The summed E-state index contributed by atoms with van der Waals surface area (Å²) in [6.07, 6.45) is 7.99. The lowest BCUT2D eigenvalue weighted by atomic mass is 9.81. The van der Waals surface area contributed by atoms with Gasteiger partial charge in [0, 0.05) is 18.1 Å². The van der Waals surface area contributed by atoms with E-state index in [-0.39, 0.29) is 5.54 Å². The van der Waals surface area contributed by atoms with Gasteiger partial charge < -0.3 is 5.73 Å². The number of nitrogens with zero attached hydrogens (tertiary/aromatic N) is 1. The third-order valence-corrected chi connectivity index (χ3v) is 4.64. The van der Waals surface area contributed by atoms with Crippen molar-refractivity contribution in [3.05, 3.63) is 0 Å². The minimum Gasteiger partial charge on any atom is -0.329 e. The molecule has 0 aromatic rings. The molecule has 1 fully saturated rings. The average Bonchev–Trinajstić information content (AvgIpc) is 2.29. The molecular weight excluding hydrogens is 196 g/mol. The van der Waals surface area contributed by atoms with Gasteiger partial charge in [-0.05, 0) is 39.2 Å². The predicted molar refractivity (Wildman–Crippen MR) is 71.6 cm³/mol. The zero-order valence-corrected chi connectivity index (χ0v) is 11.6. The summed E-state index contributed by atoms with van der Waals surface area (Å²) in [6.45, 7) is 7.77. The van der Waals surface area contributed by atoms with Gasteiger partial charge in [0.1, 0.15) is 0 Å². The molecule has 0 heterocycles. The maximum Gasteiger partial charge on any atom is 0.0303 e. The van der Waals surface area contributed by atoms with Crippen LogP contribution in [-0.4, -0.2) is 30.1 Å². The van der Waals surface area contributed by atoms with E-state index in [1.807, 2.05) is 0 Å². The van der Waals surface area contributed by atoms with Crippen molar-refractivity contribution in [1.82, 2.24) is 4.90 Å². The molecule has 16 heavy (non-hydrogen) atoms. The largest absolute Gasteiger partial charge is 0.329 e. The van der Waals surface area contributed by atoms with Crippen molar-refractivity contribution in [2.75, 3.05) is 13.6 Å². The first-order chi connectivity index (χ1) is 7.55. The summed E-state index contributed by atoms with van der Waals surface area (Å²) >= 11 is 0. The van der Waals surface area contributed by atoms with Crippen molar-refractivity contribution in [2.24, 2.45) is 11.7 Å². The predicted octanol–water partition coefficient (Wildman–Crippen LogP) is 3.01. The number of hydrogen-bond donors (Lipinski definition) is 1. The Hall–Kier alpha value is -0.0800. The molecule has 96 valence electrons. The van der Waals surface area contributed by atoms with Crippen LogP contribution in [0, 0.1) is 5.92 Å². The molecule has 1 rings (SSSR count). The van der Waals surface area contributed by atoms with Crippen LogP contribution in [0.3, 0.4) is 0 Å². The van der Waals surface area contributed by atoms with Crippen LogP contribution in [0.4, 0.5) is 0 Å². The molecule has 2 nitrogen and oxygen atoms in total. The lowest BCUT2D eigenvalue weighted by Crippen LogP contribution is -2.56. The Morgan fingerprint density at radius 1 is 1.31 bits per heavy atom. The second-order valence-electron chi connectivity index (χ2n) is 5.89. The molecule has 0 spiro atoms. The van der Waals surface area contributed by atoms with Crippen LogP contribution in [0.2, 0.25) is 0 Å². The fraction of sp³-hybridized carbons (Fsp3) is 1.00. The van der Waals surface area contributed by atoms with E-state index in [0.29, 0.717) is 0 Å². The Kier molecular flexibility index (Phi) is 5.26. The first-order valence-electron chi connectivity index (χ1n) is 6.98. The topological polar surface area (TPSA) is 29.3 Å². The monoisotopic (exact) mass is 226 g/mol. The van der Waals surface area contributed by atoms with Crippen molar-refractivity contribution in [1.29, 1.82) is 0 Å². The second-order valence-corrected chi connectivity index (χ2v) is 5.89. The quantitative estimate of drug-likeness (QED) is 0.781. The highest BCUT2D eigenvalue weighted by atomic mass is 15.2. The molecule has 0 saturated heterocycles. The minimum absolute atomic E-state index is 0.199. The van der Waals surface area contributed by atoms with Gasteiger partial charge in [0.25, 0.3) is 0 Å². The van der Waals surface area contributed by atoms with Crippen LogP contribution < -0.4 is 5.73 Å². The van der Waals surface area contributed by atoms with Crippen LogP contribution in [-0.2, 0) is 0 Å². The first kappa shape index (κ1) is 14.0. The fourth-order valence-electron chi connectivity index (χ4n) is 3.23. The maximum atomic E-state index is 6.00. The molecule has 0 aromatic carbocycles. The van der Waals surface area contributed by atoms with E-state index >= 15 is 0 Å². The van der Waals surface area contributed by atoms with Gasteiger partial charge >= 0.3 is 0 Å². The molecule has 0 aliphatic heterocycles. The summed E-state index contributed by atoms with van der Waals surface area (Å²) in [5.74, 6) is 0.835. The number of rotatable bonds is 5. The lowest BCUT2D eigenvalue weighted by molar-refractivity contribution is 0.0364. The van der Waals surface area contributed by atoms with Crippen molar-refractivity contribution >= 4 is 0 Å². The molecule has 2 N–H and O–H groups in total. The van der Waals surface area contributed by atoms with Crippen molar-refractivity contribution in [3.63, 3.8) is 0 Å². The molecule has 0 radical (unpaired) electrons. The summed E-state index contributed by atoms with van der Waals surface area (Å²) in [7, 11) is 2.29. The Morgan fingerprint density at radius 3 is 2.44 bits per heavy atom. The van der Waals surface area contributed by atoms with Crippen LogP contribution in [0.5, 0.6) is 0 Å². The van der Waals surface area contributed by atoms with Crippen molar-refractivity contribution in [3.8, 4) is 0 Å². The number of likely N-dealkylation sites (N-methyl/N-ethyl adjacent to an activating group) is 1. The third kappa shape index (κ3) is 2.98. The highest BCUT2D eigenvalue weighted by molar-refractivity contribution is 4.91. The Bertz CT molecular complexity index is 205. The molecule has 1 aliphatic rings. The smallest absolute Gasteiger partial charge is 0.0303 e. The molecule has 1 saturated carbocycles. The third-order valence-electron chi connectivity index (χ3n) is 4.64. The molecular formula is C14H30N2. The number of nitrogens with two attached hydrogens (primary N) is 1. The summed E-state index contributed by atoms with van der Waals surface area (Å²) in [5, 5.41) is 0. The van der Waals surface area contributed by atoms with E-state index in [9.17, 15) is 0 Å². The molecule has 0 bridgehead atoms. The van der Waals surface area contributed by atoms with Gasteiger partial charge in [-0.25, -0.2) is 0 Å². The van der Waals surface area contributed by atoms with E-state index in [4.69, 9.17) is 5.73 Å². The normalized spacial score (nSPS) is 30.4. The molecule has 2 heteroatoms.